The van der Waals surface area contributed by atoms with E-state index >= 15 is 0 Å². The zero-order chi connectivity index (χ0) is 15.6. The molecule has 21 heavy (non-hydrogen) atoms. The normalized spacial score (nSPS) is 12.0. The summed E-state index contributed by atoms with van der Waals surface area (Å²) >= 11 is 7.39. The van der Waals surface area contributed by atoms with Crippen molar-refractivity contribution in [2.24, 2.45) is 0 Å². The summed E-state index contributed by atoms with van der Waals surface area (Å²) in [4.78, 5) is 18.9. The van der Waals surface area contributed by atoms with Gasteiger partial charge in [0.1, 0.15) is 0 Å². The Morgan fingerprint density at radius 2 is 2.00 bits per heavy atom. The summed E-state index contributed by atoms with van der Waals surface area (Å²) in [6.45, 7) is 3.95. The van der Waals surface area contributed by atoms with Crippen LogP contribution in [-0.4, -0.2) is 25.1 Å². The van der Waals surface area contributed by atoms with Crippen LogP contribution in [0.4, 0.5) is 5.13 Å². The summed E-state index contributed by atoms with van der Waals surface area (Å²) in [5.74, 6) is -0.400. The van der Waals surface area contributed by atoms with Crippen molar-refractivity contribution in [2.75, 3.05) is 19.1 Å². The van der Waals surface area contributed by atoms with Gasteiger partial charge in [-0.05, 0) is 31.5 Å². The molecule has 0 aliphatic heterocycles. The second-order valence-electron chi connectivity index (χ2n) is 4.73. The third-order valence-electron chi connectivity index (χ3n) is 3.40. The lowest BCUT2D eigenvalue weighted by molar-refractivity contribution is 0.0594. The van der Waals surface area contributed by atoms with Gasteiger partial charge in [0.2, 0.25) is 0 Å². The SMILES string of the molecule is COC(=O)c1nc(N(C)C(C)c2ccc(Cl)cc2)sc1C. The minimum Gasteiger partial charge on any atom is -0.464 e. The molecule has 0 fully saturated rings. The number of methoxy groups -OCH3 is 1. The molecule has 1 aromatic carbocycles. The first kappa shape index (κ1) is 15.8. The van der Waals surface area contributed by atoms with Gasteiger partial charge in [0.05, 0.1) is 13.2 Å². The van der Waals surface area contributed by atoms with E-state index in [4.69, 9.17) is 16.3 Å². The predicted octanol–water partition coefficient (Wildman–Crippen LogP) is 4.09. The zero-order valence-electron chi connectivity index (χ0n) is 12.4. The average molecular weight is 325 g/mol. The van der Waals surface area contributed by atoms with E-state index in [1.54, 1.807) is 0 Å². The van der Waals surface area contributed by atoms with Gasteiger partial charge in [-0.3, -0.25) is 0 Å². The molecule has 6 heteroatoms. The van der Waals surface area contributed by atoms with E-state index in [1.165, 1.54) is 18.4 Å². The van der Waals surface area contributed by atoms with Crippen molar-refractivity contribution in [1.29, 1.82) is 0 Å². The fourth-order valence-electron chi connectivity index (χ4n) is 1.95. The van der Waals surface area contributed by atoms with E-state index in [1.807, 2.05) is 43.1 Å². The number of anilines is 1. The van der Waals surface area contributed by atoms with Crippen molar-refractivity contribution in [2.45, 2.75) is 19.9 Å². The molecule has 0 bridgehead atoms. The Bertz CT molecular complexity index is 640. The molecule has 112 valence electrons. The van der Waals surface area contributed by atoms with Crippen LogP contribution in [0.25, 0.3) is 0 Å². The maximum absolute atomic E-state index is 11.6. The van der Waals surface area contributed by atoms with E-state index in [9.17, 15) is 4.79 Å². The second-order valence-corrected chi connectivity index (χ2v) is 6.35. The summed E-state index contributed by atoms with van der Waals surface area (Å²) in [7, 11) is 3.32. The maximum atomic E-state index is 11.6. The fraction of sp³-hybridized carbons (Fsp3) is 0.333. The van der Waals surface area contributed by atoms with Crippen LogP contribution in [0.1, 0.15) is 33.9 Å². The number of ether oxygens (including phenoxy) is 1. The van der Waals surface area contributed by atoms with Crippen molar-refractivity contribution in [3.63, 3.8) is 0 Å². The second kappa shape index (κ2) is 6.45. The lowest BCUT2D eigenvalue weighted by atomic mass is 10.1. The van der Waals surface area contributed by atoms with Crippen LogP contribution in [0.3, 0.4) is 0 Å². The average Bonchev–Trinajstić information content (AvgIpc) is 2.87. The van der Waals surface area contributed by atoms with Crippen molar-refractivity contribution < 1.29 is 9.53 Å². The van der Waals surface area contributed by atoms with Gasteiger partial charge in [-0.2, -0.15) is 0 Å². The van der Waals surface area contributed by atoms with Gasteiger partial charge in [0.15, 0.2) is 10.8 Å². The molecule has 1 atom stereocenters. The lowest BCUT2D eigenvalue weighted by Crippen LogP contribution is -2.21. The maximum Gasteiger partial charge on any atom is 0.357 e. The Morgan fingerprint density at radius 3 is 2.57 bits per heavy atom. The first-order chi connectivity index (χ1) is 9.93. The van der Waals surface area contributed by atoms with Crippen molar-refractivity contribution in [1.82, 2.24) is 4.98 Å². The smallest absolute Gasteiger partial charge is 0.357 e. The van der Waals surface area contributed by atoms with E-state index in [2.05, 4.69) is 11.9 Å². The van der Waals surface area contributed by atoms with Crippen LogP contribution >= 0.6 is 22.9 Å². The molecule has 1 heterocycles. The number of aryl methyl sites for hydroxylation is 1. The fourth-order valence-corrected chi connectivity index (χ4v) is 3.01. The highest BCUT2D eigenvalue weighted by Crippen LogP contribution is 2.31. The molecule has 0 N–H and O–H groups in total. The first-order valence-electron chi connectivity index (χ1n) is 6.48. The van der Waals surface area contributed by atoms with E-state index in [0.29, 0.717) is 10.7 Å². The van der Waals surface area contributed by atoms with Gasteiger partial charge in [-0.1, -0.05) is 23.7 Å². The molecule has 0 spiro atoms. The number of aromatic nitrogens is 1. The zero-order valence-corrected chi connectivity index (χ0v) is 14.0. The molecular weight excluding hydrogens is 308 g/mol. The molecule has 0 radical (unpaired) electrons. The number of carbonyl (C=O) groups excluding carboxylic acids is 1. The highest BCUT2D eigenvalue weighted by Gasteiger charge is 2.20. The van der Waals surface area contributed by atoms with Gasteiger partial charge in [0.25, 0.3) is 0 Å². The van der Waals surface area contributed by atoms with Gasteiger partial charge in [0, 0.05) is 16.9 Å². The Hall–Kier alpha value is -1.59. The minimum absolute atomic E-state index is 0.123. The molecule has 2 aromatic rings. The number of thiazole rings is 1. The summed E-state index contributed by atoms with van der Waals surface area (Å²) in [6.07, 6.45) is 0. The number of benzene rings is 1. The largest absolute Gasteiger partial charge is 0.464 e. The standard InChI is InChI=1S/C15H17ClN2O2S/c1-9(11-5-7-12(16)8-6-11)18(3)15-17-13(10(2)21-15)14(19)20-4/h5-9H,1-4H3. The molecule has 2 rings (SSSR count). The lowest BCUT2D eigenvalue weighted by Gasteiger charge is -2.24. The van der Waals surface area contributed by atoms with Gasteiger partial charge < -0.3 is 9.64 Å². The molecule has 4 nitrogen and oxygen atoms in total. The molecular formula is C15H17ClN2O2S. The van der Waals surface area contributed by atoms with Crippen LogP contribution in [0, 0.1) is 6.92 Å². The van der Waals surface area contributed by atoms with Crippen molar-refractivity contribution in [3.05, 3.63) is 45.4 Å². The number of halogens is 1. The molecule has 0 aliphatic carbocycles. The highest BCUT2D eigenvalue weighted by molar-refractivity contribution is 7.15. The topological polar surface area (TPSA) is 42.4 Å². The number of carbonyl (C=O) groups is 1. The predicted molar refractivity (Wildman–Crippen MR) is 86.5 cm³/mol. The summed E-state index contributed by atoms with van der Waals surface area (Å²) in [5.41, 5.74) is 1.52. The van der Waals surface area contributed by atoms with Crippen LogP contribution in [0.5, 0.6) is 0 Å². The number of rotatable bonds is 4. The number of hydrogen-bond donors (Lipinski definition) is 0. The van der Waals surface area contributed by atoms with Crippen molar-refractivity contribution in [3.8, 4) is 0 Å². The molecule has 1 unspecified atom stereocenters. The van der Waals surface area contributed by atoms with Crippen LogP contribution in [0.2, 0.25) is 5.02 Å². The van der Waals surface area contributed by atoms with Crippen molar-refractivity contribution >= 4 is 34.0 Å². The van der Waals surface area contributed by atoms with Crippen LogP contribution in [-0.2, 0) is 4.74 Å². The number of hydrogen-bond acceptors (Lipinski definition) is 5. The third-order valence-corrected chi connectivity index (χ3v) is 4.71. The van der Waals surface area contributed by atoms with E-state index in [-0.39, 0.29) is 6.04 Å². The Morgan fingerprint density at radius 1 is 1.38 bits per heavy atom. The molecule has 0 saturated carbocycles. The molecule has 0 aliphatic rings. The Balaban J connectivity index is 2.25. The third kappa shape index (κ3) is 3.36. The van der Waals surface area contributed by atoms with Gasteiger partial charge in [-0.15, -0.1) is 11.3 Å². The Labute approximate surface area is 133 Å². The summed E-state index contributed by atoms with van der Waals surface area (Å²) in [5, 5.41) is 1.50. The molecule has 0 amide bonds. The number of esters is 1. The number of nitrogens with zero attached hydrogens (tertiary/aromatic N) is 2. The van der Waals surface area contributed by atoms with E-state index in [0.717, 1.165) is 15.6 Å². The monoisotopic (exact) mass is 324 g/mol. The quantitative estimate of drug-likeness (QED) is 0.794. The molecule has 1 aromatic heterocycles. The highest BCUT2D eigenvalue weighted by atomic mass is 35.5. The first-order valence-corrected chi connectivity index (χ1v) is 7.67. The van der Waals surface area contributed by atoms with Crippen LogP contribution < -0.4 is 4.90 Å². The van der Waals surface area contributed by atoms with Gasteiger partial charge in [-0.25, -0.2) is 9.78 Å². The Kier molecular flexibility index (Phi) is 4.85. The molecule has 0 saturated heterocycles. The van der Waals surface area contributed by atoms with Crippen LogP contribution in [0.15, 0.2) is 24.3 Å². The van der Waals surface area contributed by atoms with E-state index < -0.39 is 5.97 Å². The van der Waals surface area contributed by atoms with Gasteiger partial charge >= 0.3 is 5.97 Å². The minimum atomic E-state index is -0.400. The summed E-state index contributed by atoms with van der Waals surface area (Å²) in [6, 6.07) is 7.84. The summed E-state index contributed by atoms with van der Waals surface area (Å²) < 4.78 is 4.74.